The molecule has 0 aromatic heterocycles. The zero-order chi connectivity index (χ0) is 8.69. The van der Waals surface area contributed by atoms with E-state index in [4.69, 9.17) is 9.59 Å². The third kappa shape index (κ3) is 5.38. The van der Waals surface area contributed by atoms with Crippen LogP contribution in [0.3, 0.4) is 0 Å². The molecule has 11 heavy (non-hydrogen) atoms. The fourth-order valence-electron chi connectivity index (χ4n) is 1.11. The molecule has 0 aliphatic rings. The van der Waals surface area contributed by atoms with Crippen molar-refractivity contribution in [2.24, 2.45) is 0 Å². The number of hydrogen-bond donors (Lipinski definition) is 3. The molecule has 68 valence electrons. The quantitative estimate of drug-likeness (QED) is 0.394. The van der Waals surface area contributed by atoms with Crippen molar-refractivity contribution in [3.8, 4) is 0 Å². The first-order valence-electron chi connectivity index (χ1n) is 4.23. The fraction of sp³-hybridized carbons (Fsp3) is 1.00. The summed E-state index contributed by atoms with van der Waals surface area (Å²) in [5.74, 6) is 0. The molecule has 0 bridgehead atoms. The SMILES string of the molecule is CCC(CCCNC)[SiH](O)O. The molecule has 0 fully saturated rings. The van der Waals surface area contributed by atoms with Crippen molar-refractivity contribution >= 4 is 9.28 Å². The number of nitrogens with one attached hydrogen (secondary N) is 1. The molecule has 0 heterocycles. The first-order valence-corrected chi connectivity index (χ1v) is 5.93. The Kier molecular flexibility index (Phi) is 6.85. The van der Waals surface area contributed by atoms with Gasteiger partial charge in [0.05, 0.1) is 0 Å². The van der Waals surface area contributed by atoms with E-state index in [1.165, 1.54) is 0 Å². The van der Waals surface area contributed by atoms with Gasteiger partial charge in [0, 0.05) is 0 Å². The molecule has 0 radical (unpaired) electrons. The van der Waals surface area contributed by atoms with Gasteiger partial charge in [-0.25, -0.2) is 0 Å². The Morgan fingerprint density at radius 3 is 2.45 bits per heavy atom. The summed E-state index contributed by atoms with van der Waals surface area (Å²) in [5, 5.41) is 3.04. The highest BCUT2D eigenvalue weighted by Crippen LogP contribution is 2.18. The van der Waals surface area contributed by atoms with Gasteiger partial charge in [-0.1, -0.05) is 13.3 Å². The minimum atomic E-state index is -2.36. The smallest absolute Gasteiger partial charge is 0.319 e. The summed E-state index contributed by atoms with van der Waals surface area (Å²) in [6.07, 6.45) is 2.88. The van der Waals surface area contributed by atoms with Crippen LogP contribution in [0.4, 0.5) is 0 Å². The lowest BCUT2D eigenvalue weighted by molar-refractivity contribution is 0.373. The number of hydrogen-bond acceptors (Lipinski definition) is 3. The lowest BCUT2D eigenvalue weighted by atomic mass is 10.2. The van der Waals surface area contributed by atoms with Crippen LogP contribution in [0, 0.1) is 0 Å². The van der Waals surface area contributed by atoms with Crippen LogP contribution in [0.25, 0.3) is 0 Å². The molecule has 3 nitrogen and oxygen atoms in total. The van der Waals surface area contributed by atoms with Crippen LogP contribution in [0.1, 0.15) is 26.2 Å². The van der Waals surface area contributed by atoms with Crippen molar-refractivity contribution in [3.05, 3.63) is 0 Å². The first-order chi connectivity index (χ1) is 5.22. The van der Waals surface area contributed by atoms with Gasteiger partial charge in [0.2, 0.25) is 0 Å². The second kappa shape index (κ2) is 6.79. The summed E-state index contributed by atoms with van der Waals surface area (Å²) < 4.78 is 0. The summed E-state index contributed by atoms with van der Waals surface area (Å²) in [5.41, 5.74) is 0.184. The van der Waals surface area contributed by atoms with Crippen LogP contribution in [0.2, 0.25) is 5.54 Å². The fourth-order valence-corrected chi connectivity index (χ4v) is 2.06. The Balaban J connectivity index is 3.36. The lowest BCUT2D eigenvalue weighted by Gasteiger charge is -2.13. The molecule has 0 spiro atoms. The molecule has 3 N–H and O–H groups in total. The highest BCUT2D eigenvalue weighted by atomic mass is 28.3. The molecule has 0 aromatic rings. The summed E-state index contributed by atoms with van der Waals surface area (Å²) in [4.78, 5) is 18.0. The molecule has 0 saturated carbocycles. The van der Waals surface area contributed by atoms with Gasteiger partial charge in [0.15, 0.2) is 0 Å². The van der Waals surface area contributed by atoms with Crippen LogP contribution >= 0.6 is 0 Å². The minimum absolute atomic E-state index is 0.184. The van der Waals surface area contributed by atoms with E-state index in [2.05, 4.69) is 5.32 Å². The molecule has 0 amide bonds. The molecule has 0 rings (SSSR count). The predicted octanol–water partition coefficient (Wildman–Crippen LogP) is -0.0287. The average molecular weight is 177 g/mol. The van der Waals surface area contributed by atoms with E-state index in [1.54, 1.807) is 0 Å². The Morgan fingerprint density at radius 1 is 1.45 bits per heavy atom. The Bertz CT molecular complexity index is 90.5. The largest absolute Gasteiger partial charge is 0.413 e. The molecule has 0 aliphatic heterocycles. The monoisotopic (exact) mass is 177 g/mol. The van der Waals surface area contributed by atoms with E-state index in [0.717, 1.165) is 25.8 Å². The summed E-state index contributed by atoms with van der Waals surface area (Å²) in [6.45, 7) is 2.98. The average Bonchev–Trinajstić information content (AvgIpc) is 1.97. The maximum absolute atomic E-state index is 8.99. The van der Waals surface area contributed by atoms with Crippen molar-refractivity contribution in [3.63, 3.8) is 0 Å². The highest BCUT2D eigenvalue weighted by molar-refractivity contribution is 6.43. The van der Waals surface area contributed by atoms with Crippen molar-refractivity contribution in [2.75, 3.05) is 13.6 Å². The van der Waals surface area contributed by atoms with E-state index in [1.807, 2.05) is 14.0 Å². The summed E-state index contributed by atoms with van der Waals surface area (Å²) >= 11 is 0. The van der Waals surface area contributed by atoms with Crippen LogP contribution in [-0.2, 0) is 0 Å². The van der Waals surface area contributed by atoms with Crippen molar-refractivity contribution < 1.29 is 9.59 Å². The maximum atomic E-state index is 8.99. The standard InChI is InChI=1S/C7H19NO2Si/c1-3-7(11(9)10)5-4-6-8-2/h7-11H,3-6H2,1-2H3. The molecular formula is C7H19NO2Si. The van der Waals surface area contributed by atoms with Crippen LogP contribution in [-0.4, -0.2) is 32.5 Å². The van der Waals surface area contributed by atoms with E-state index >= 15 is 0 Å². The van der Waals surface area contributed by atoms with E-state index < -0.39 is 9.28 Å². The second-order valence-corrected chi connectivity index (χ2v) is 4.60. The molecule has 0 aliphatic carbocycles. The Labute approximate surface area is 70.3 Å². The van der Waals surface area contributed by atoms with Crippen LogP contribution in [0.15, 0.2) is 0 Å². The maximum Gasteiger partial charge on any atom is 0.319 e. The summed E-state index contributed by atoms with van der Waals surface area (Å²) in [7, 11) is -0.445. The van der Waals surface area contributed by atoms with Crippen molar-refractivity contribution in [1.29, 1.82) is 0 Å². The topological polar surface area (TPSA) is 52.5 Å². The Hall–Kier alpha value is 0.0969. The predicted molar refractivity (Wildman–Crippen MR) is 48.8 cm³/mol. The van der Waals surface area contributed by atoms with E-state index in [-0.39, 0.29) is 5.54 Å². The molecule has 1 atom stereocenters. The Morgan fingerprint density at radius 2 is 2.09 bits per heavy atom. The normalized spacial score (nSPS) is 13.9. The molecule has 4 heteroatoms. The highest BCUT2D eigenvalue weighted by Gasteiger charge is 2.16. The lowest BCUT2D eigenvalue weighted by Crippen LogP contribution is -2.20. The summed E-state index contributed by atoms with van der Waals surface area (Å²) in [6, 6.07) is 0. The zero-order valence-electron chi connectivity index (χ0n) is 7.38. The van der Waals surface area contributed by atoms with Gasteiger partial charge in [-0.3, -0.25) is 0 Å². The van der Waals surface area contributed by atoms with Crippen molar-refractivity contribution in [1.82, 2.24) is 5.32 Å². The molecule has 1 unspecified atom stereocenters. The zero-order valence-corrected chi connectivity index (χ0v) is 8.53. The van der Waals surface area contributed by atoms with Crippen LogP contribution < -0.4 is 5.32 Å². The van der Waals surface area contributed by atoms with Gasteiger partial charge in [0.1, 0.15) is 0 Å². The van der Waals surface area contributed by atoms with Gasteiger partial charge >= 0.3 is 9.28 Å². The molecule has 0 saturated heterocycles. The van der Waals surface area contributed by atoms with Gasteiger partial charge in [-0.2, -0.15) is 0 Å². The van der Waals surface area contributed by atoms with Crippen molar-refractivity contribution in [2.45, 2.75) is 31.7 Å². The number of rotatable bonds is 6. The third-order valence-corrected chi connectivity index (χ3v) is 3.60. The van der Waals surface area contributed by atoms with E-state index in [0.29, 0.717) is 0 Å². The third-order valence-electron chi connectivity index (χ3n) is 1.95. The van der Waals surface area contributed by atoms with Crippen LogP contribution in [0.5, 0.6) is 0 Å². The molecular weight excluding hydrogens is 158 g/mol. The van der Waals surface area contributed by atoms with E-state index in [9.17, 15) is 0 Å². The van der Waals surface area contributed by atoms with Gasteiger partial charge in [-0.15, -0.1) is 0 Å². The van der Waals surface area contributed by atoms with Gasteiger partial charge in [0.25, 0.3) is 0 Å². The second-order valence-electron chi connectivity index (χ2n) is 2.83. The molecule has 0 aromatic carbocycles. The first kappa shape index (κ1) is 11.1. The minimum Gasteiger partial charge on any atom is -0.413 e. The van der Waals surface area contributed by atoms with Gasteiger partial charge < -0.3 is 14.9 Å². The van der Waals surface area contributed by atoms with Gasteiger partial charge in [-0.05, 0) is 32.0 Å².